The number of para-hydroxylation sites is 1. The molecule has 2 aromatic rings. The van der Waals surface area contributed by atoms with E-state index in [4.69, 9.17) is 4.74 Å². The number of anilines is 1. The Morgan fingerprint density at radius 1 is 1.32 bits per heavy atom. The lowest BCUT2D eigenvalue weighted by molar-refractivity contribution is 0.0748. The van der Waals surface area contributed by atoms with E-state index < -0.39 is 12.1 Å². The van der Waals surface area contributed by atoms with E-state index in [9.17, 15) is 9.90 Å². The molecule has 0 spiro atoms. The molecule has 1 aromatic carbocycles. The molecule has 1 aliphatic heterocycles. The molecule has 2 amide bonds. The predicted molar refractivity (Wildman–Crippen MR) is 90.1 cm³/mol. The molecule has 8 nitrogen and oxygen atoms in total. The highest BCUT2D eigenvalue weighted by Crippen LogP contribution is 2.38. The van der Waals surface area contributed by atoms with E-state index in [1.165, 1.54) is 12.8 Å². The summed E-state index contributed by atoms with van der Waals surface area (Å²) >= 11 is 0. The van der Waals surface area contributed by atoms with Gasteiger partial charge in [0.05, 0.1) is 24.9 Å². The normalized spacial score (nSPS) is 25.7. The van der Waals surface area contributed by atoms with Gasteiger partial charge >= 0.3 is 6.03 Å². The second kappa shape index (κ2) is 6.81. The van der Waals surface area contributed by atoms with Gasteiger partial charge in [-0.25, -0.2) is 9.48 Å². The summed E-state index contributed by atoms with van der Waals surface area (Å²) < 4.78 is 7.36. The summed E-state index contributed by atoms with van der Waals surface area (Å²) in [6, 6.07) is 8.28. The number of hydrogen-bond donors (Lipinski definition) is 3. The summed E-state index contributed by atoms with van der Waals surface area (Å²) in [4.78, 5) is 12.2. The van der Waals surface area contributed by atoms with Crippen LogP contribution in [0.1, 0.15) is 24.5 Å². The van der Waals surface area contributed by atoms with Crippen LogP contribution in [-0.2, 0) is 11.3 Å². The Labute approximate surface area is 145 Å². The Morgan fingerprint density at radius 3 is 2.88 bits per heavy atom. The van der Waals surface area contributed by atoms with Gasteiger partial charge in [-0.1, -0.05) is 23.4 Å². The zero-order chi connectivity index (χ0) is 17.2. The zero-order valence-electron chi connectivity index (χ0n) is 13.7. The Hall–Kier alpha value is -2.45. The van der Waals surface area contributed by atoms with Crippen LogP contribution in [0.2, 0.25) is 0 Å². The van der Waals surface area contributed by atoms with Crippen molar-refractivity contribution in [2.45, 2.75) is 43.6 Å². The number of ether oxygens (including phenoxy) is 1. The molecule has 0 unspecified atom stereocenters. The smallest absolute Gasteiger partial charge is 0.319 e. The van der Waals surface area contributed by atoms with Gasteiger partial charge < -0.3 is 20.5 Å². The Bertz CT molecular complexity index is 731. The summed E-state index contributed by atoms with van der Waals surface area (Å²) in [5.74, 6) is 0.536. The largest absolute Gasteiger partial charge is 0.388 e. The van der Waals surface area contributed by atoms with Gasteiger partial charge in [0.15, 0.2) is 0 Å². The minimum absolute atomic E-state index is 0.186. The Morgan fingerprint density at radius 2 is 2.12 bits per heavy atom. The number of rotatable bonds is 5. The molecule has 1 aromatic heterocycles. The van der Waals surface area contributed by atoms with Crippen molar-refractivity contribution in [1.29, 1.82) is 0 Å². The molecule has 0 radical (unpaired) electrons. The number of hydrogen-bond acceptors (Lipinski definition) is 5. The third kappa shape index (κ3) is 3.80. The van der Waals surface area contributed by atoms with Gasteiger partial charge in [-0.2, -0.15) is 0 Å². The second-order valence-corrected chi connectivity index (χ2v) is 6.57. The van der Waals surface area contributed by atoms with E-state index in [0.717, 1.165) is 5.69 Å². The van der Waals surface area contributed by atoms with E-state index in [2.05, 4.69) is 20.9 Å². The van der Waals surface area contributed by atoms with Gasteiger partial charge in [0.1, 0.15) is 12.2 Å². The van der Waals surface area contributed by atoms with Crippen molar-refractivity contribution in [3.8, 4) is 0 Å². The van der Waals surface area contributed by atoms with Crippen molar-refractivity contribution >= 4 is 11.7 Å². The van der Waals surface area contributed by atoms with Gasteiger partial charge in [0.2, 0.25) is 0 Å². The molecule has 0 bridgehead atoms. The minimum atomic E-state index is -0.752. The third-order valence-corrected chi connectivity index (χ3v) is 4.54. The van der Waals surface area contributed by atoms with Crippen molar-refractivity contribution in [3.05, 3.63) is 42.2 Å². The van der Waals surface area contributed by atoms with E-state index >= 15 is 0 Å². The van der Waals surface area contributed by atoms with Crippen molar-refractivity contribution < 1.29 is 14.6 Å². The van der Waals surface area contributed by atoms with E-state index in [-0.39, 0.29) is 18.7 Å². The lowest BCUT2D eigenvalue weighted by Crippen LogP contribution is -2.49. The highest BCUT2D eigenvalue weighted by Gasteiger charge is 2.38. The lowest BCUT2D eigenvalue weighted by atomic mass is 10.1. The maximum atomic E-state index is 12.2. The van der Waals surface area contributed by atoms with Gasteiger partial charge in [0.25, 0.3) is 0 Å². The first-order chi connectivity index (χ1) is 12.2. The summed E-state index contributed by atoms with van der Waals surface area (Å²) in [7, 11) is 0. The van der Waals surface area contributed by atoms with Crippen LogP contribution in [-0.4, -0.2) is 51.0 Å². The minimum Gasteiger partial charge on any atom is -0.388 e. The van der Waals surface area contributed by atoms with Crippen molar-refractivity contribution in [3.63, 3.8) is 0 Å². The average molecular weight is 343 g/mol. The summed E-state index contributed by atoms with van der Waals surface area (Å²) in [5, 5.41) is 24.0. The van der Waals surface area contributed by atoms with Gasteiger partial charge in [-0.15, -0.1) is 5.10 Å². The maximum Gasteiger partial charge on any atom is 0.319 e. The molecule has 2 fully saturated rings. The van der Waals surface area contributed by atoms with Gasteiger partial charge in [-0.3, -0.25) is 0 Å². The first-order valence-electron chi connectivity index (χ1n) is 8.51. The van der Waals surface area contributed by atoms with Crippen LogP contribution >= 0.6 is 0 Å². The first-order valence-corrected chi connectivity index (χ1v) is 8.51. The van der Waals surface area contributed by atoms with Crippen LogP contribution in [0, 0.1) is 0 Å². The number of aliphatic hydroxyl groups is 1. The standard InChI is InChI=1S/C17H21N5O3/c23-14-10-25-15(9-22-8-13(20-21-22)11-6-7-11)16(14)19-17(24)18-12-4-2-1-3-5-12/h1-5,8,11,14-16,23H,6-7,9-10H2,(H2,18,19,24)/t14-,15+,16+/m0/s1. The SMILES string of the molecule is O=C(Nc1ccccc1)N[C@@H]1[C@@H](O)CO[C@@H]1Cn1cc(C2CC2)nn1. The molecular formula is C17H21N5O3. The van der Waals surface area contributed by atoms with Gasteiger partial charge in [0, 0.05) is 17.8 Å². The fourth-order valence-electron chi connectivity index (χ4n) is 3.03. The first kappa shape index (κ1) is 16.0. The topological polar surface area (TPSA) is 101 Å². The van der Waals surface area contributed by atoms with Gasteiger partial charge in [-0.05, 0) is 25.0 Å². The number of nitrogens with one attached hydrogen (secondary N) is 2. The van der Waals surface area contributed by atoms with Crippen molar-refractivity contribution in [2.75, 3.05) is 11.9 Å². The van der Waals surface area contributed by atoms with E-state index in [1.807, 2.05) is 24.4 Å². The highest BCUT2D eigenvalue weighted by atomic mass is 16.5. The maximum absolute atomic E-state index is 12.2. The van der Waals surface area contributed by atoms with E-state index in [1.54, 1.807) is 16.8 Å². The fourth-order valence-corrected chi connectivity index (χ4v) is 3.03. The molecule has 3 atom stereocenters. The number of amides is 2. The fraction of sp³-hybridized carbons (Fsp3) is 0.471. The molecule has 132 valence electrons. The summed E-state index contributed by atoms with van der Waals surface area (Å²) in [5.41, 5.74) is 1.69. The third-order valence-electron chi connectivity index (χ3n) is 4.54. The summed E-state index contributed by atoms with van der Waals surface area (Å²) in [6.07, 6.45) is 3.15. The average Bonchev–Trinajstić information content (AvgIpc) is 3.27. The quantitative estimate of drug-likeness (QED) is 0.755. The monoisotopic (exact) mass is 343 g/mol. The van der Waals surface area contributed by atoms with Crippen LogP contribution in [0.25, 0.3) is 0 Å². The van der Waals surface area contributed by atoms with Crippen molar-refractivity contribution in [2.24, 2.45) is 0 Å². The number of carbonyl (C=O) groups is 1. The molecule has 8 heteroatoms. The number of urea groups is 1. The van der Waals surface area contributed by atoms with Crippen LogP contribution in [0.4, 0.5) is 10.5 Å². The molecule has 25 heavy (non-hydrogen) atoms. The molecule has 1 saturated heterocycles. The van der Waals surface area contributed by atoms with Crippen LogP contribution in [0.3, 0.4) is 0 Å². The molecular weight excluding hydrogens is 322 g/mol. The Balaban J connectivity index is 1.37. The lowest BCUT2D eigenvalue weighted by Gasteiger charge is -2.21. The van der Waals surface area contributed by atoms with Crippen LogP contribution < -0.4 is 10.6 Å². The number of aliphatic hydroxyl groups excluding tert-OH is 1. The molecule has 3 N–H and O–H groups in total. The predicted octanol–water partition coefficient (Wildman–Crippen LogP) is 1.11. The zero-order valence-corrected chi connectivity index (χ0v) is 13.7. The number of benzene rings is 1. The molecule has 2 aliphatic rings. The second-order valence-electron chi connectivity index (χ2n) is 6.57. The molecule has 1 aliphatic carbocycles. The highest BCUT2D eigenvalue weighted by molar-refractivity contribution is 5.89. The Kier molecular flexibility index (Phi) is 4.37. The molecule has 4 rings (SSSR count). The number of carbonyl (C=O) groups excluding carboxylic acids is 1. The van der Waals surface area contributed by atoms with E-state index in [0.29, 0.717) is 18.2 Å². The number of aromatic nitrogens is 3. The molecule has 1 saturated carbocycles. The summed E-state index contributed by atoms with van der Waals surface area (Å²) in [6.45, 7) is 0.623. The molecule has 2 heterocycles. The van der Waals surface area contributed by atoms with Crippen LogP contribution in [0.15, 0.2) is 36.5 Å². The number of nitrogens with zero attached hydrogens (tertiary/aromatic N) is 3. The van der Waals surface area contributed by atoms with Crippen molar-refractivity contribution in [1.82, 2.24) is 20.3 Å². The van der Waals surface area contributed by atoms with Crippen LogP contribution in [0.5, 0.6) is 0 Å².